The van der Waals surface area contributed by atoms with Crippen molar-refractivity contribution < 1.29 is 4.79 Å². The van der Waals surface area contributed by atoms with E-state index < -0.39 is 11.2 Å². The van der Waals surface area contributed by atoms with Crippen LogP contribution in [0.2, 0.25) is 0 Å². The van der Waals surface area contributed by atoms with E-state index in [1.165, 1.54) is 36.4 Å². The van der Waals surface area contributed by atoms with Crippen LogP contribution in [0.4, 0.5) is 0 Å². The Labute approximate surface area is 156 Å². The Bertz CT molecular complexity index is 1130. The van der Waals surface area contributed by atoms with Crippen molar-refractivity contribution in [1.29, 1.82) is 0 Å². The molecule has 2 aromatic heterocycles. The van der Waals surface area contributed by atoms with Gasteiger partial charge in [0.2, 0.25) is 0 Å². The number of aryl methyl sites for hydroxylation is 2. The van der Waals surface area contributed by atoms with Crippen LogP contribution in [0.15, 0.2) is 46.0 Å². The van der Waals surface area contributed by atoms with Gasteiger partial charge in [0.05, 0.1) is 11.4 Å². The third kappa shape index (κ3) is 3.40. The number of amides is 1. The summed E-state index contributed by atoms with van der Waals surface area (Å²) in [6.45, 7) is 3.98. The summed E-state index contributed by atoms with van der Waals surface area (Å²) in [5.41, 5.74) is 1.65. The number of nitrogens with one attached hydrogen (secondary N) is 1. The zero-order valence-electron chi connectivity index (χ0n) is 15.8. The lowest BCUT2D eigenvalue weighted by Crippen LogP contribution is -2.37. The van der Waals surface area contributed by atoms with Crippen LogP contribution < -0.4 is 16.6 Å². The molecule has 0 radical (unpaired) electrons. The van der Waals surface area contributed by atoms with Gasteiger partial charge in [-0.15, -0.1) is 0 Å². The van der Waals surface area contributed by atoms with Gasteiger partial charge >= 0.3 is 5.69 Å². The molecule has 1 atom stereocenters. The molecule has 3 aromatic rings. The first-order chi connectivity index (χ1) is 12.8. The number of pyridine rings is 1. The smallest absolute Gasteiger partial charge is 0.332 e. The lowest BCUT2D eigenvalue weighted by molar-refractivity contribution is 0.0935. The van der Waals surface area contributed by atoms with Gasteiger partial charge in [-0.05, 0) is 36.6 Å². The number of carbonyl (C=O) groups excluding carboxylic acids is 1. The number of nitrogens with zero attached hydrogens (tertiary/aromatic N) is 3. The fourth-order valence-corrected chi connectivity index (χ4v) is 2.98. The second-order valence-corrected chi connectivity index (χ2v) is 6.56. The highest BCUT2D eigenvalue weighted by molar-refractivity contribution is 5.94. The third-order valence-corrected chi connectivity index (χ3v) is 4.77. The van der Waals surface area contributed by atoms with Crippen molar-refractivity contribution in [2.75, 3.05) is 0 Å². The van der Waals surface area contributed by atoms with Crippen LogP contribution in [-0.4, -0.2) is 20.0 Å². The average molecular weight is 366 g/mol. The number of aromatic nitrogens is 3. The normalized spacial score (nSPS) is 12.1. The van der Waals surface area contributed by atoms with Gasteiger partial charge in [-0.1, -0.05) is 31.2 Å². The molecular weight excluding hydrogens is 344 g/mol. The molecule has 1 N–H and O–H groups in total. The summed E-state index contributed by atoms with van der Waals surface area (Å²) in [6, 6.07) is 10.9. The minimum absolute atomic E-state index is 0.155. The first kappa shape index (κ1) is 18.6. The Morgan fingerprint density at radius 2 is 1.74 bits per heavy atom. The maximum Gasteiger partial charge on any atom is 0.332 e. The van der Waals surface area contributed by atoms with Crippen LogP contribution in [0.5, 0.6) is 0 Å². The second-order valence-electron chi connectivity index (χ2n) is 6.56. The van der Waals surface area contributed by atoms with E-state index in [1.807, 2.05) is 31.2 Å². The summed E-state index contributed by atoms with van der Waals surface area (Å²) in [6.07, 6.45) is 0.959. The molecule has 0 bridgehead atoms. The Hall–Kier alpha value is -3.22. The molecule has 1 aromatic carbocycles. The molecule has 2 heterocycles. The fourth-order valence-electron chi connectivity index (χ4n) is 2.98. The fraction of sp³-hybridized carbons (Fsp3) is 0.300. The number of benzene rings is 1. The van der Waals surface area contributed by atoms with Crippen LogP contribution in [0.25, 0.3) is 11.0 Å². The van der Waals surface area contributed by atoms with Crippen LogP contribution in [0.3, 0.4) is 0 Å². The molecule has 0 fully saturated rings. The topological polar surface area (TPSA) is 86.0 Å². The van der Waals surface area contributed by atoms with Crippen molar-refractivity contribution in [3.05, 3.63) is 74.1 Å². The molecule has 140 valence electrons. The molecule has 0 aliphatic rings. The van der Waals surface area contributed by atoms with E-state index in [4.69, 9.17) is 0 Å². The molecule has 0 saturated carbocycles. The number of hydrogen-bond donors (Lipinski definition) is 1. The van der Waals surface area contributed by atoms with Gasteiger partial charge in [-0.2, -0.15) is 0 Å². The van der Waals surface area contributed by atoms with Crippen LogP contribution >= 0.6 is 0 Å². The van der Waals surface area contributed by atoms with Gasteiger partial charge in [0.15, 0.2) is 0 Å². The maximum atomic E-state index is 12.6. The zero-order valence-corrected chi connectivity index (χ0v) is 15.8. The Morgan fingerprint density at radius 1 is 1.07 bits per heavy atom. The van der Waals surface area contributed by atoms with Crippen molar-refractivity contribution in [3.8, 4) is 0 Å². The minimum Gasteiger partial charge on any atom is -0.344 e. The molecule has 0 aliphatic heterocycles. The lowest BCUT2D eigenvalue weighted by atomic mass is 10.0. The highest BCUT2D eigenvalue weighted by Crippen LogP contribution is 2.15. The van der Waals surface area contributed by atoms with Crippen molar-refractivity contribution in [3.63, 3.8) is 0 Å². The largest absolute Gasteiger partial charge is 0.344 e. The van der Waals surface area contributed by atoms with E-state index in [-0.39, 0.29) is 23.3 Å². The van der Waals surface area contributed by atoms with E-state index >= 15 is 0 Å². The SMILES string of the molecule is CCc1ccc(C(C)NC(=O)c2ccc3c(=O)n(C)c(=O)n(C)c3n2)cc1. The molecule has 0 aliphatic carbocycles. The van der Waals surface area contributed by atoms with Gasteiger partial charge in [-0.25, -0.2) is 9.78 Å². The molecule has 7 nitrogen and oxygen atoms in total. The second kappa shape index (κ2) is 7.19. The van der Waals surface area contributed by atoms with E-state index in [2.05, 4.69) is 17.2 Å². The number of carbonyl (C=O) groups is 1. The molecular formula is C20H22N4O3. The van der Waals surface area contributed by atoms with Crippen molar-refractivity contribution in [2.45, 2.75) is 26.3 Å². The molecule has 0 spiro atoms. The van der Waals surface area contributed by atoms with Gasteiger partial charge in [0, 0.05) is 14.1 Å². The van der Waals surface area contributed by atoms with Gasteiger partial charge < -0.3 is 5.32 Å². The van der Waals surface area contributed by atoms with Crippen molar-refractivity contribution in [1.82, 2.24) is 19.4 Å². The van der Waals surface area contributed by atoms with Crippen LogP contribution in [0.1, 0.15) is 41.5 Å². The van der Waals surface area contributed by atoms with E-state index in [1.54, 1.807) is 0 Å². The van der Waals surface area contributed by atoms with Gasteiger partial charge in [0.25, 0.3) is 11.5 Å². The third-order valence-electron chi connectivity index (χ3n) is 4.77. The summed E-state index contributed by atoms with van der Waals surface area (Å²) in [7, 11) is 2.94. The number of hydrogen-bond acceptors (Lipinski definition) is 4. The highest BCUT2D eigenvalue weighted by Gasteiger charge is 2.16. The van der Waals surface area contributed by atoms with E-state index in [9.17, 15) is 14.4 Å². The summed E-state index contributed by atoms with van der Waals surface area (Å²) in [5, 5.41) is 3.19. The zero-order chi connectivity index (χ0) is 19.7. The molecule has 1 amide bonds. The predicted molar refractivity (Wildman–Crippen MR) is 104 cm³/mol. The molecule has 7 heteroatoms. The van der Waals surface area contributed by atoms with E-state index in [0.717, 1.165) is 16.6 Å². The van der Waals surface area contributed by atoms with Gasteiger partial charge in [0.1, 0.15) is 11.3 Å². The van der Waals surface area contributed by atoms with Crippen molar-refractivity contribution >= 4 is 16.9 Å². The summed E-state index contributed by atoms with van der Waals surface area (Å²) < 4.78 is 2.28. The van der Waals surface area contributed by atoms with Crippen LogP contribution in [-0.2, 0) is 20.5 Å². The number of rotatable bonds is 4. The average Bonchev–Trinajstić information content (AvgIpc) is 2.70. The first-order valence-corrected chi connectivity index (χ1v) is 8.80. The number of fused-ring (bicyclic) bond motifs is 1. The minimum atomic E-state index is -0.484. The summed E-state index contributed by atoms with van der Waals surface area (Å²) in [5.74, 6) is -0.364. The van der Waals surface area contributed by atoms with Crippen molar-refractivity contribution in [2.24, 2.45) is 14.1 Å². The van der Waals surface area contributed by atoms with E-state index in [0.29, 0.717) is 5.39 Å². The molecule has 3 rings (SSSR count). The molecule has 27 heavy (non-hydrogen) atoms. The standard InChI is InChI=1S/C20H22N4O3/c1-5-13-6-8-14(9-7-13)12(2)21-18(25)16-11-10-15-17(22-16)23(3)20(27)24(4)19(15)26/h6-12H,5H2,1-4H3,(H,21,25). The monoisotopic (exact) mass is 366 g/mol. The summed E-state index contributed by atoms with van der Waals surface area (Å²) >= 11 is 0. The molecule has 1 unspecified atom stereocenters. The predicted octanol–water partition coefficient (Wildman–Crippen LogP) is 1.69. The Balaban J connectivity index is 1.91. The maximum absolute atomic E-state index is 12.6. The molecule has 0 saturated heterocycles. The van der Waals surface area contributed by atoms with Gasteiger partial charge in [-0.3, -0.25) is 18.7 Å². The highest BCUT2D eigenvalue weighted by atomic mass is 16.2. The Morgan fingerprint density at radius 3 is 2.37 bits per heavy atom. The van der Waals surface area contributed by atoms with Crippen LogP contribution in [0, 0.1) is 0 Å². The summed E-state index contributed by atoms with van der Waals surface area (Å²) in [4.78, 5) is 41.1. The lowest BCUT2D eigenvalue weighted by Gasteiger charge is -2.15. The first-order valence-electron chi connectivity index (χ1n) is 8.80. The Kier molecular flexibility index (Phi) is 4.94. The quantitative estimate of drug-likeness (QED) is 0.761.